The molecule has 0 fully saturated rings. The molecule has 3 heteroatoms. The molecule has 0 aliphatic heterocycles. The molecule has 1 N–H and O–H groups in total. The molecule has 19 heavy (non-hydrogen) atoms. The van der Waals surface area contributed by atoms with Crippen LogP contribution in [-0.4, -0.2) is 17.3 Å². The zero-order chi connectivity index (χ0) is 13.7. The fourth-order valence-corrected chi connectivity index (χ4v) is 2.93. The van der Waals surface area contributed by atoms with E-state index in [-0.39, 0.29) is 11.8 Å². The molecule has 0 bridgehead atoms. The van der Waals surface area contributed by atoms with Gasteiger partial charge in [0.25, 0.3) is 0 Å². The van der Waals surface area contributed by atoms with Crippen molar-refractivity contribution >= 4 is 21.8 Å². The Bertz CT molecular complexity index is 433. The van der Waals surface area contributed by atoms with E-state index in [1.54, 1.807) is 0 Å². The van der Waals surface area contributed by atoms with Crippen LogP contribution in [0.5, 0.6) is 0 Å². The minimum Gasteiger partial charge on any atom is -0.356 e. The number of carbonyl (C=O) groups is 1. The van der Waals surface area contributed by atoms with Gasteiger partial charge >= 0.3 is 0 Å². The van der Waals surface area contributed by atoms with E-state index >= 15 is 0 Å². The highest BCUT2D eigenvalue weighted by Gasteiger charge is 2.25. The molecule has 0 spiro atoms. The van der Waals surface area contributed by atoms with E-state index in [0.717, 1.165) is 38.6 Å². The maximum absolute atomic E-state index is 12.3. The van der Waals surface area contributed by atoms with Gasteiger partial charge in [0.2, 0.25) is 5.91 Å². The van der Waals surface area contributed by atoms with Crippen LogP contribution >= 0.6 is 15.9 Å². The molecule has 2 unspecified atom stereocenters. The average Bonchev–Trinajstić information content (AvgIpc) is 2.46. The van der Waals surface area contributed by atoms with Crippen LogP contribution in [0.25, 0.3) is 0 Å². The Morgan fingerprint density at radius 2 is 2.26 bits per heavy atom. The monoisotopic (exact) mass is 323 g/mol. The predicted molar refractivity (Wildman–Crippen MR) is 82.8 cm³/mol. The number of fused-ring (bicyclic) bond motifs is 1. The number of amides is 1. The Morgan fingerprint density at radius 3 is 3.05 bits per heavy atom. The lowest BCUT2D eigenvalue weighted by molar-refractivity contribution is -0.122. The quantitative estimate of drug-likeness (QED) is 0.821. The van der Waals surface area contributed by atoms with Crippen LogP contribution in [0.15, 0.2) is 24.3 Å². The molecule has 1 aliphatic carbocycles. The van der Waals surface area contributed by atoms with E-state index in [4.69, 9.17) is 0 Å². The fraction of sp³-hybridized carbons (Fsp3) is 0.562. The normalized spacial score (nSPS) is 19.6. The molecule has 2 nitrogen and oxygen atoms in total. The van der Waals surface area contributed by atoms with Crippen LogP contribution < -0.4 is 5.32 Å². The second-order valence-corrected chi connectivity index (χ2v) is 6.52. The number of alkyl halides is 1. The molecule has 104 valence electrons. The molecule has 1 amide bonds. The molecule has 0 saturated heterocycles. The number of aryl methyl sites for hydroxylation is 1. The largest absolute Gasteiger partial charge is 0.356 e. The summed E-state index contributed by atoms with van der Waals surface area (Å²) in [5.41, 5.74) is 2.58. The molecular formula is C16H22BrNO. The molecule has 0 heterocycles. The van der Waals surface area contributed by atoms with E-state index in [1.165, 1.54) is 11.1 Å². The van der Waals surface area contributed by atoms with Gasteiger partial charge in [0.15, 0.2) is 0 Å². The van der Waals surface area contributed by atoms with Crippen molar-refractivity contribution in [3.8, 4) is 0 Å². The summed E-state index contributed by atoms with van der Waals surface area (Å²) >= 11 is 3.60. The predicted octanol–water partition coefficient (Wildman–Crippen LogP) is 3.79. The summed E-state index contributed by atoms with van der Waals surface area (Å²) < 4.78 is 0. The van der Waals surface area contributed by atoms with Gasteiger partial charge < -0.3 is 5.32 Å². The van der Waals surface area contributed by atoms with Gasteiger partial charge in [-0.15, -0.1) is 0 Å². The standard InChI is InChI=1S/C16H22BrNO/c1-2-13(17)10-11-18-16(19)15-9-5-7-12-6-3-4-8-14(12)15/h3-4,6,8,13,15H,2,5,7,9-11H2,1H3,(H,18,19). The number of carbonyl (C=O) groups excluding carboxylic acids is 1. The smallest absolute Gasteiger partial charge is 0.227 e. The van der Waals surface area contributed by atoms with Gasteiger partial charge in [-0.1, -0.05) is 47.1 Å². The highest BCUT2D eigenvalue weighted by atomic mass is 79.9. The first-order valence-electron chi connectivity index (χ1n) is 7.22. The van der Waals surface area contributed by atoms with Crippen LogP contribution in [0.2, 0.25) is 0 Å². The summed E-state index contributed by atoms with van der Waals surface area (Å²) in [4.78, 5) is 12.8. The van der Waals surface area contributed by atoms with Crippen LogP contribution in [-0.2, 0) is 11.2 Å². The summed E-state index contributed by atoms with van der Waals surface area (Å²) in [7, 11) is 0. The van der Waals surface area contributed by atoms with Crippen LogP contribution in [0.4, 0.5) is 0 Å². The van der Waals surface area contributed by atoms with Crippen molar-refractivity contribution < 1.29 is 4.79 Å². The lowest BCUT2D eigenvalue weighted by Gasteiger charge is -2.24. The first kappa shape index (κ1) is 14.6. The van der Waals surface area contributed by atoms with Gasteiger partial charge in [0, 0.05) is 11.4 Å². The van der Waals surface area contributed by atoms with Crippen molar-refractivity contribution in [1.29, 1.82) is 0 Å². The molecule has 0 saturated carbocycles. The van der Waals surface area contributed by atoms with E-state index in [0.29, 0.717) is 4.83 Å². The Labute approximate surface area is 124 Å². The maximum atomic E-state index is 12.3. The van der Waals surface area contributed by atoms with Gasteiger partial charge in [-0.3, -0.25) is 4.79 Å². The average molecular weight is 324 g/mol. The Hall–Kier alpha value is -0.830. The first-order chi connectivity index (χ1) is 9.22. The minimum atomic E-state index is 0.0559. The lowest BCUT2D eigenvalue weighted by atomic mass is 9.82. The molecule has 1 aliphatic rings. The van der Waals surface area contributed by atoms with E-state index in [2.05, 4.69) is 46.4 Å². The topological polar surface area (TPSA) is 29.1 Å². The van der Waals surface area contributed by atoms with Gasteiger partial charge in [0.05, 0.1) is 5.92 Å². The zero-order valence-corrected chi connectivity index (χ0v) is 13.1. The van der Waals surface area contributed by atoms with Crippen molar-refractivity contribution in [3.05, 3.63) is 35.4 Å². The second-order valence-electron chi connectivity index (χ2n) is 5.23. The van der Waals surface area contributed by atoms with Crippen molar-refractivity contribution in [3.63, 3.8) is 0 Å². The van der Waals surface area contributed by atoms with Crippen LogP contribution in [0.1, 0.15) is 49.7 Å². The molecule has 2 atom stereocenters. The molecule has 0 radical (unpaired) electrons. The van der Waals surface area contributed by atoms with Crippen molar-refractivity contribution in [2.24, 2.45) is 0 Å². The third-order valence-electron chi connectivity index (χ3n) is 3.89. The van der Waals surface area contributed by atoms with Gasteiger partial charge in [-0.2, -0.15) is 0 Å². The van der Waals surface area contributed by atoms with E-state index in [1.807, 2.05) is 6.07 Å². The first-order valence-corrected chi connectivity index (χ1v) is 8.13. The summed E-state index contributed by atoms with van der Waals surface area (Å²) in [5, 5.41) is 3.09. The third-order valence-corrected chi connectivity index (χ3v) is 4.99. The van der Waals surface area contributed by atoms with Crippen LogP contribution in [0.3, 0.4) is 0 Å². The highest BCUT2D eigenvalue weighted by Crippen LogP contribution is 2.31. The van der Waals surface area contributed by atoms with Gasteiger partial charge in [-0.05, 0) is 43.2 Å². The van der Waals surface area contributed by atoms with Gasteiger partial charge in [-0.25, -0.2) is 0 Å². The summed E-state index contributed by atoms with van der Waals surface area (Å²) in [6, 6.07) is 8.37. The molecule has 1 aromatic rings. The highest BCUT2D eigenvalue weighted by molar-refractivity contribution is 9.09. The van der Waals surface area contributed by atoms with Crippen molar-refractivity contribution in [2.75, 3.05) is 6.54 Å². The Morgan fingerprint density at radius 1 is 1.47 bits per heavy atom. The Balaban J connectivity index is 1.93. The van der Waals surface area contributed by atoms with E-state index < -0.39 is 0 Å². The van der Waals surface area contributed by atoms with Gasteiger partial charge in [0.1, 0.15) is 0 Å². The van der Waals surface area contributed by atoms with Crippen molar-refractivity contribution in [2.45, 2.75) is 49.8 Å². The molecule has 1 aromatic carbocycles. The Kier molecular flexibility index (Phi) is 5.44. The number of hydrogen-bond acceptors (Lipinski definition) is 1. The van der Waals surface area contributed by atoms with E-state index in [9.17, 15) is 4.79 Å². The number of rotatable bonds is 5. The third kappa shape index (κ3) is 3.82. The summed E-state index contributed by atoms with van der Waals surface area (Å²) in [6.45, 7) is 2.92. The zero-order valence-electron chi connectivity index (χ0n) is 11.5. The second kappa shape index (κ2) is 7.09. The van der Waals surface area contributed by atoms with Crippen LogP contribution in [0, 0.1) is 0 Å². The summed E-state index contributed by atoms with van der Waals surface area (Å²) in [6.07, 6.45) is 5.30. The number of hydrogen-bond donors (Lipinski definition) is 1. The lowest BCUT2D eigenvalue weighted by Crippen LogP contribution is -2.32. The maximum Gasteiger partial charge on any atom is 0.227 e. The molecule has 0 aromatic heterocycles. The number of benzene rings is 1. The number of halogens is 1. The van der Waals surface area contributed by atoms with Crippen molar-refractivity contribution in [1.82, 2.24) is 5.32 Å². The molecular weight excluding hydrogens is 302 g/mol. The fourth-order valence-electron chi connectivity index (χ4n) is 2.71. The minimum absolute atomic E-state index is 0.0559. The number of nitrogens with one attached hydrogen (secondary N) is 1. The molecule has 2 rings (SSSR count). The SMILES string of the molecule is CCC(Br)CCNC(=O)C1CCCc2ccccc21. The summed E-state index contributed by atoms with van der Waals surface area (Å²) in [5.74, 6) is 0.253.